The quantitative estimate of drug-likeness (QED) is 0.858. The molecular weight excluding hydrogens is 334 g/mol. The first-order valence-corrected chi connectivity index (χ1v) is 9.56. The van der Waals surface area contributed by atoms with Crippen LogP contribution in [-0.4, -0.2) is 63.3 Å². The standard InChI is InChI=1S/C17H23N7O2/c25-13-4-2-7-23(13)9-11-3-1-8-24(10-11)17-16(18-12-5-6-12)19-14-15(20-17)22-26-21-14/h11-12H,1-10H2,(H,18,19,21)/t11-/m0/s1. The number of nitrogens with one attached hydrogen (secondary N) is 1. The van der Waals surface area contributed by atoms with Crippen molar-refractivity contribution in [2.45, 2.75) is 44.6 Å². The zero-order valence-corrected chi connectivity index (χ0v) is 14.7. The molecule has 9 nitrogen and oxygen atoms in total. The molecule has 5 rings (SSSR count). The van der Waals surface area contributed by atoms with Crippen molar-refractivity contribution in [3.8, 4) is 0 Å². The molecule has 2 aliphatic heterocycles. The van der Waals surface area contributed by atoms with Gasteiger partial charge in [0.2, 0.25) is 17.2 Å². The van der Waals surface area contributed by atoms with Crippen LogP contribution >= 0.6 is 0 Å². The Balaban J connectivity index is 1.38. The van der Waals surface area contributed by atoms with Gasteiger partial charge in [0.1, 0.15) is 0 Å². The molecule has 1 saturated carbocycles. The normalized spacial score (nSPS) is 23.8. The van der Waals surface area contributed by atoms with Gasteiger partial charge >= 0.3 is 0 Å². The third-order valence-corrected chi connectivity index (χ3v) is 5.48. The van der Waals surface area contributed by atoms with Gasteiger partial charge in [0.15, 0.2) is 11.6 Å². The van der Waals surface area contributed by atoms with Crippen molar-refractivity contribution in [1.82, 2.24) is 25.2 Å². The first kappa shape index (κ1) is 15.8. The van der Waals surface area contributed by atoms with Crippen LogP contribution in [0.15, 0.2) is 4.63 Å². The minimum absolute atomic E-state index is 0.299. The molecule has 0 radical (unpaired) electrons. The fourth-order valence-electron chi connectivity index (χ4n) is 3.98. The molecule has 1 N–H and O–H groups in total. The van der Waals surface area contributed by atoms with Crippen LogP contribution in [0.5, 0.6) is 0 Å². The summed E-state index contributed by atoms with van der Waals surface area (Å²) < 4.78 is 4.79. The van der Waals surface area contributed by atoms with Crippen LogP contribution in [0.4, 0.5) is 11.6 Å². The number of rotatable bonds is 5. The number of hydrogen-bond acceptors (Lipinski definition) is 8. The van der Waals surface area contributed by atoms with Crippen molar-refractivity contribution in [3.05, 3.63) is 0 Å². The number of fused-ring (bicyclic) bond motifs is 1. The predicted octanol–water partition coefficient (Wildman–Crippen LogP) is 1.43. The van der Waals surface area contributed by atoms with Crippen molar-refractivity contribution in [2.75, 3.05) is 36.4 Å². The molecule has 2 aromatic heterocycles. The minimum atomic E-state index is 0.299. The van der Waals surface area contributed by atoms with E-state index in [0.717, 1.165) is 69.9 Å². The van der Waals surface area contributed by atoms with Gasteiger partial charge in [-0.05, 0) is 48.3 Å². The second kappa shape index (κ2) is 6.37. The molecule has 3 fully saturated rings. The van der Waals surface area contributed by atoms with Gasteiger partial charge < -0.3 is 15.1 Å². The molecule has 4 heterocycles. The maximum Gasteiger partial charge on any atom is 0.245 e. The van der Waals surface area contributed by atoms with Crippen LogP contribution in [0.3, 0.4) is 0 Å². The third kappa shape index (κ3) is 3.06. The van der Waals surface area contributed by atoms with Crippen molar-refractivity contribution >= 4 is 28.8 Å². The Labute approximate surface area is 151 Å². The lowest BCUT2D eigenvalue weighted by Gasteiger charge is -2.35. The van der Waals surface area contributed by atoms with E-state index in [2.05, 4.69) is 30.5 Å². The average molecular weight is 357 g/mol. The highest BCUT2D eigenvalue weighted by Gasteiger charge is 2.30. The molecule has 0 unspecified atom stereocenters. The van der Waals surface area contributed by atoms with Crippen LogP contribution in [-0.2, 0) is 4.79 Å². The van der Waals surface area contributed by atoms with Crippen molar-refractivity contribution in [2.24, 2.45) is 5.92 Å². The molecule has 1 atom stereocenters. The molecule has 1 aliphatic carbocycles. The van der Waals surface area contributed by atoms with E-state index in [1.807, 2.05) is 4.90 Å². The van der Waals surface area contributed by atoms with Gasteiger partial charge in [-0.25, -0.2) is 14.6 Å². The minimum Gasteiger partial charge on any atom is -0.364 e. The Morgan fingerprint density at radius 1 is 1.08 bits per heavy atom. The fraction of sp³-hybridized carbons (Fsp3) is 0.706. The molecule has 1 amide bonds. The molecule has 0 spiro atoms. The molecule has 2 aromatic rings. The van der Waals surface area contributed by atoms with E-state index in [-0.39, 0.29) is 0 Å². The summed E-state index contributed by atoms with van der Waals surface area (Å²) in [6.45, 7) is 3.58. The lowest BCUT2D eigenvalue weighted by Crippen LogP contribution is -2.42. The molecule has 9 heteroatoms. The van der Waals surface area contributed by atoms with E-state index < -0.39 is 0 Å². The number of aromatic nitrogens is 4. The van der Waals surface area contributed by atoms with Crippen LogP contribution in [0.1, 0.15) is 38.5 Å². The lowest BCUT2D eigenvalue weighted by atomic mass is 9.97. The van der Waals surface area contributed by atoms with Gasteiger partial charge in [0.25, 0.3) is 0 Å². The zero-order chi connectivity index (χ0) is 17.5. The van der Waals surface area contributed by atoms with E-state index in [4.69, 9.17) is 4.63 Å². The first-order chi connectivity index (χ1) is 12.8. The Morgan fingerprint density at radius 2 is 1.92 bits per heavy atom. The third-order valence-electron chi connectivity index (χ3n) is 5.48. The van der Waals surface area contributed by atoms with Crippen LogP contribution in [0.2, 0.25) is 0 Å². The smallest absolute Gasteiger partial charge is 0.245 e. The van der Waals surface area contributed by atoms with Crippen molar-refractivity contribution in [3.63, 3.8) is 0 Å². The predicted molar refractivity (Wildman–Crippen MR) is 94.8 cm³/mol. The fourth-order valence-corrected chi connectivity index (χ4v) is 3.98. The summed E-state index contributed by atoms with van der Waals surface area (Å²) in [5.74, 6) is 2.37. The summed E-state index contributed by atoms with van der Waals surface area (Å²) in [4.78, 5) is 25.5. The summed E-state index contributed by atoms with van der Waals surface area (Å²) in [5, 5.41) is 11.1. The van der Waals surface area contributed by atoms with Gasteiger partial charge in [-0.3, -0.25) is 4.79 Å². The summed E-state index contributed by atoms with van der Waals surface area (Å²) in [7, 11) is 0. The van der Waals surface area contributed by atoms with E-state index in [1.165, 1.54) is 0 Å². The molecule has 2 saturated heterocycles. The molecule has 138 valence electrons. The number of piperidine rings is 1. The highest BCUT2D eigenvalue weighted by Crippen LogP contribution is 2.32. The van der Waals surface area contributed by atoms with Crippen LogP contribution in [0.25, 0.3) is 11.3 Å². The van der Waals surface area contributed by atoms with Crippen molar-refractivity contribution < 1.29 is 9.42 Å². The Hall–Kier alpha value is -2.45. The largest absolute Gasteiger partial charge is 0.364 e. The second-order valence-electron chi connectivity index (χ2n) is 7.62. The number of hydrogen-bond donors (Lipinski definition) is 1. The zero-order valence-electron chi connectivity index (χ0n) is 14.7. The number of amides is 1. The topological polar surface area (TPSA) is 100 Å². The van der Waals surface area contributed by atoms with Gasteiger partial charge in [-0.15, -0.1) is 0 Å². The van der Waals surface area contributed by atoms with Crippen LogP contribution < -0.4 is 10.2 Å². The molecule has 0 bridgehead atoms. The van der Waals surface area contributed by atoms with Crippen molar-refractivity contribution in [1.29, 1.82) is 0 Å². The highest BCUT2D eigenvalue weighted by molar-refractivity contribution is 5.78. The van der Waals surface area contributed by atoms with Gasteiger partial charge in [0.05, 0.1) is 0 Å². The van der Waals surface area contributed by atoms with E-state index in [1.54, 1.807) is 0 Å². The Kier molecular flexibility index (Phi) is 3.86. The van der Waals surface area contributed by atoms with Gasteiger partial charge in [-0.2, -0.15) is 0 Å². The summed E-state index contributed by atoms with van der Waals surface area (Å²) in [6.07, 6.45) is 6.25. The molecular formula is C17H23N7O2. The highest BCUT2D eigenvalue weighted by atomic mass is 16.6. The first-order valence-electron chi connectivity index (χ1n) is 9.56. The maximum atomic E-state index is 12.0. The second-order valence-corrected chi connectivity index (χ2v) is 7.62. The number of carbonyl (C=O) groups is 1. The number of anilines is 2. The van der Waals surface area contributed by atoms with Gasteiger partial charge in [-0.1, -0.05) is 0 Å². The van der Waals surface area contributed by atoms with E-state index in [9.17, 15) is 4.79 Å². The summed E-state index contributed by atoms with van der Waals surface area (Å²) >= 11 is 0. The lowest BCUT2D eigenvalue weighted by molar-refractivity contribution is -0.128. The average Bonchev–Trinajstić information content (AvgIpc) is 3.19. The van der Waals surface area contributed by atoms with E-state index in [0.29, 0.717) is 35.6 Å². The Bertz CT molecular complexity index is 819. The number of nitrogens with zero attached hydrogens (tertiary/aromatic N) is 6. The molecule has 3 aliphatic rings. The number of likely N-dealkylation sites (tertiary alicyclic amines) is 1. The summed E-state index contributed by atoms with van der Waals surface area (Å²) in [6, 6.07) is 0.475. The van der Waals surface area contributed by atoms with E-state index >= 15 is 0 Å². The maximum absolute atomic E-state index is 12.0. The monoisotopic (exact) mass is 357 g/mol. The number of carbonyl (C=O) groups excluding carboxylic acids is 1. The SMILES string of the molecule is O=C1CCCN1C[C@@H]1CCCN(c2nc3nonc3nc2NC2CC2)C1. The molecule has 26 heavy (non-hydrogen) atoms. The summed E-state index contributed by atoms with van der Waals surface area (Å²) in [5.41, 5.74) is 0.881. The van der Waals surface area contributed by atoms with Gasteiger partial charge in [0, 0.05) is 38.6 Å². The van der Waals surface area contributed by atoms with Crippen LogP contribution in [0, 0.1) is 5.92 Å². The molecule has 0 aromatic carbocycles. The Morgan fingerprint density at radius 3 is 2.69 bits per heavy atom.